The van der Waals surface area contributed by atoms with Crippen molar-refractivity contribution in [3.8, 4) is 11.6 Å². The predicted molar refractivity (Wildman–Crippen MR) is 108 cm³/mol. The van der Waals surface area contributed by atoms with Gasteiger partial charge in [-0.2, -0.15) is 0 Å². The summed E-state index contributed by atoms with van der Waals surface area (Å²) >= 11 is 1.29. The summed E-state index contributed by atoms with van der Waals surface area (Å²) in [6.45, 7) is 4.11. The van der Waals surface area contributed by atoms with Crippen molar-refractivity contribution in [3.05, 3.63) is 72.1 Å². The van der Waals surface area contributed by atoms with E-state index in [1.165, 1.54) is 17.3 Å². The Morgan fingerprint density at radius 3 is 2.44 bits per heavy atom. The van der Waals surface area contributed by atoms with Crippen molar-refractivity contribution in [2.75, 3.05) is 11.1 Å². The van der Waals surface area contributed by atoms with Crippen LogP contribution in [0, 0.1) is 6.92 Å². The molecular formula is C21H21N3O2S. The van der Waals surface area contributed by atoms with Gasteiger partial charge in [0.05, 0.1) is 5.75 Å². The minimum Gasteiger partial charge on any atom is -0.437 e. The van der Waals surface area contributed by atoms with Crippen LogP contribution in [0.2, 0.25) is 0 Å². The Labute approximate surface area is 163 Å². The van der Waals surface area contributed by atoms with Gasteiger partial charge in [-0.1, -0.05) is 48.5 Å². The summed E-state index contributed by atoms with van der Waals surface area (Å²) in [7, 11) is 0. The normalized spacial score (nSPS) is 10.4. The fourth-order valence-corrected chi connectivity index (χ4v) is 3.05. The summed E-state index contributed by atoms with van der Waals surface area (Å²) in [4.78, 5) is 20.8. The Morgan fingerprint density at radius 1 is 1.04 bits per heavy atom. The van der Waals surface area contributed by atoms with Crippen LogP contribution in [0.5, 0.6) is 11.6 Å². The first-order chi connectivity index (χ1) is 13.1. The van der Waals surface area contributed by atoms with Gasteiger partial charge in [0.2, 0.25) is 5.91 Å². The molecule has 3 aromatic rings. The van der Waals surface area contributed by atoms with Crippen LogP contribution < -0.4 is 10.1 Å². The number of carbonyl (C=O) groups excluding carboxylic acids is 1. The van der Waals surface area contributed by atoms with Crippen molar-refractivity contribution in [2.24, 2.45) is 0 Å². The van der Waals surface area contributed by atoms with Crippen LogP contribution >= 0.6 is 11.8 Å². The molecule has 27 heavy (non-hydrogen) atoms. The van der Waals surface area contributed by atoms with Gasteiger partial charge < -0.3 is 10.1 Å². The lowest BCUT2D eigenvalue weighted by Crippen LogP contribution is -2.14. The summed E-state index contributed by atoms with van der Waals surface area (Å²) in [5, 5.41) is 3.47. The van der Waals surface area contributed by atoms with E-state index < -0.39 is 0 Å². The number of nitrogens with one attached hydrogen (secondary N) is 1. The van der Waals surface area contributed by atoms with Crippen molar-refractivity contribution >= 4 is 23.4 Å². The van der Waals surface area contributed by atoms with Gasteiger partial charge in [-0.25, -0.2) is 9.97 Å². The molecule has 0 saturated carbocycles. The number of ether oxygens (including phenoxy) is 1. The summed E-state index contributed by atoms with van der Waals surface area (Å²) in [6.07, 6.45) is 4.13. The number of carbonyl (C=O) groups is 1. The second-order valence-electron chi connectivity index (χ2n) is 5.97. The van der Waals surface area contributed by atoms with E-state index in [2.05, 4.69) is 22.2 Å². The zero-order chi connectivity index (χ0) is 19.1. The Hall–Kier alpha value is -2.86. The molecule has 1 N–H and O–H groups in total. The Balaban J connectivity index is 1.60. The maximum atomic E-state index is 12.2. The van der Waals surface area contributed by atoms with Gasteiger partial charge in [0, 0.05) is 18.1 Å². The lowest BCUT2D eigenvalue weighted by molar-refractivity contribution is -0.113. The molecule has 5 nitrogen and oxygen atoms in total. The molecule has 0 radical (unpaired) electrons. The van der Waals surface area contributed by atoms with Gasteiger partial charge in [-0.3, -0.25) is 4.79 Å². The molecule has 0 saturated heterocycles. The molecule has 3 rings (SSSR count). The molecule has 2 aromatic carbocycles. The summed E-state index contributed by atoms with van der Waals surface area (Å²) in [5.74, 6) is 1.20. The Kier molecular flexibility index (Phi) is 6.44. The molecule has 138 valence electrons. The fraction of sp³-hybridized carbons (Fsp3) is 0.190. The third-order valence-electron chi connectivity index (χ3n) is 3.85. The fourth-order valence-electron chi connectivity index (χ4n) is 2.35. The minimum atomic E-state index is -0.101. The SMILES string of the molecule is CCc1ccc(NC(=O)CSc2nccnc2Oc2ccc(C)cc2)cc1. The molecule has 1 aromatic heterocycles. The van der Waals surface area contributed by atoms with Crippen LogP contribution in [-0.2, 0) is 11.2 Å². The van der Waals surface area contributed by atoms with E-state index in [1.807, 2.05) is 55.5 Å². The molecule has 1 heterocycles. The van der Waals surface area contributed by atoms with Gasteiger partial charge in [-0.05, 0) is 43.2 Å². The molecule has 0 aliphatic carbocycles. The van der Waals surface area contributed by atoms with E-state index in [0.717, 1.165) is 17.7 Å². The van der Waals surface area contributed by atoms with E-state index in [9.17, 15) is 4.79 Å². The molecule has 0 fully saturated rings. The number of benzene rings is 2. The number of anilines is 1. The summed E-state index contributed by atoms with van der Waals surface area (Å²) < 4.78 is 5.81. The Morgan fingerprint density at radius 2 is 1.74 bits per heavy atom. The zero-order valence-corrected chi connectivity index (χ0v) is 16.1. The highest BCUT2D eigenvalue weighted by molar-refractivity contribution is 8.00. The van der Waals surface area contributed by atoms with E-state index in [1.54, 1.807) is 12.4 Å². The lowest BCUT2D eigenvalue weighted by Gasteiger charge is -2.09. The van der Waals surface area contributed by atoms with Crippen LogP contribution in [0.4, 0.5) is 5.69 Å². The number of thioether (sulfide) groups is 1. The maximum absolute atomic E-state index is 12.2. The molecule has 6 heteroatoms. The first-order valence-corrected chi connectivity index (χ1v) is 9.69. The second kappa shape index (κ2) is 9.19. The molecule has 0 spiro atoms. The van der Waals surface area contributed by atoms with Gasteiger partial charge in [-0.15, -0.1) is 0 Å². The third kappa shape index (κ3) is 5.56. The number of aromatic nitrogens is 2. The molecule has 0 atom stereocenters. The monoisotopic (exact) mass is 379 g/mol. The lowest BCUT2D eigenvalue weighted by atomic mass is 10.1. The van der Waals surface area contributed by atoms with Crippen molar-refractivity contribution in [3.63, 3.8) is 0 Å². The van der Waals surface area contributed by atoms with E-state index in [4.69, 9.17) is 4.74 Å². The van der Waals surface area contributed by atoms with Gasteiger partial charge in [0.15, 0.2) is 5.03 Å². The topological polar surface area (TPSA) is 64.1 Å². The highest BCUT2D eigenvalue weighted by atomic mass is 32.2. The highest BCUT2D eigenvalue weighted by Crippen LogP contribution is 2.29. The van der Waals surface area contributed by atoms with Gasteiger partial charge in [0.1, 0.15) is 5.75 Å². The quantitative estimate of drug-likeness (QED) is 0.593. The molecular weight excluding hydrogens is 358 g/mol. The second-order valence-corrected chi connectivity index (χ2v) is 6.93. The molecule has 1 amide bonds. The summed E-state index contributed by atoms with van der Waals surface area (Å²) in [6, 6.07) is 15.5. The van der Waals surface area contributed by atoms with Crippen molar-refractivity contribution in [1.29, 1.82) is 0 Å². The minimum absolute atomic E-state index is 0.101. The zero-order valence-electron chi connectivity index (χ0n) is 15.3. The maximum Gasteiger partial charge on any atom is 0.252 e. The first-order valence-electron chi connectivity index (χ1n) is 8.71. The summed E-state index contributed by atoms with van der Waals surface area (Å²) in [5.41, 5.74) is 3.17. The molecule has 0 unspecified atom stereocenters. The number of aryl methyl sites for hydroxylation is 2. The van der Waals surface area contributed by atoms with Gasteiger partial charge in [0.25, 0.3) is 5.88 Å². The number of hydrogen-bond donors (Lipinski definition) is 1. The number of amides is 1. The van der Waals surface area contributed by atoms with Crippen LogP contribution in [0.3, 0.4) is 0 Å². The standard InChI is InChI=1S/C21H21N3O2S/c1-3-16-6-8-17(9-7-16)24-19(25)14-27-21-20(22-12-13-23-21)26-18-10-4-15(2)5-11-18/h4-13H,3,14H2,1-2H3,(H,24,25). The van der Waals surface area contributed by atoms with Crippen LogP contribution in [0.25, 0.3) is 0 Å². The average molecular weight is 379 g/mol. The molecule has 0 bridgehead atoms. The smallest absolute Gasteiger partial charge is 0.252 e. The predicted octanol–water partition coefficient (Wildman–Crippen LogP) is 4.87. The third-order valence-corrected chi connectivity index (χ3v) is 4.81. The van der Waals surface area contributed by atoms with Gasteiger partial charge >= 0.3 is 0 Å². The first kappa shape index (κ1) is 18.9. The Bertz CT molecular complexity index is 896. The molecule has 0 aliphatic rings. The van der Waals surface area contributed by atoms with Crippen LogP contribution in [0.15, 0.2) is 66.0 Å². The number of nitrogens with zero attached hydrogens (tertiary/aromatic N) is 2. The average Bonchev–Trinajstić information content (AvgIpc) is 2.69. The number of hydrogen-bond acceptors (Lipinski definition) is 5. The van der Waals surface area contributed by atoms with E-state index in [0.29, 0.717) is 16.7 Å². The van der Waals surface area contributed by atoms with E-state index in [-0.39, 0.29) is 11.7 Å². The highest BCUT2D eigenvalue weighted by Gasteiger charge is 2.11. The van der Waals surface area contributed by atoms with Crippen LogP contribution in [-0.4, -0.2) is 21.6 Å². The van der Waals surface area contributed by atoms with Crippen molar-refractivity contribution in [1.82, 2.24) is 9.97 Å². The van der Waals surface area contributed by atoms with Crippen molar-refractivity contribution < 1.29 is 9.53 Å². The number of rotatable bonds is 7. The van der Waals surface area contributed by atoms with Crippen molar-refractivity contribution in [2.45, 2.75) is 25.3 Å². The largest absolute Gasteiger partial charge is 0.437 e. The van der Waals surface area contributed by atoms with Crippen LogP contribution in [0.1, 0.15) is 18.1 Å². The van der Waals surface area contributed by atoms with E-state index >= 15 is 0 Å². The molecule has 0 aliphatic heterocycles.